The Bertz CT molecular complexity index is 978. The molecular formula is C21H23FIN5. The molecule has 1 aromatic carbocycles. The van der Waals surface area contributed by atoms with Crippen molar-refractivity contribution in [1.29, 1.82) is 0 Å². The van der Waals surface area contributed by atoms with Crippen LogP contribution >= 0.6 is 22.6 Å². The van der Waals surface area contributed by atoms with E-state index >= 15 is 0 Å². The highest BCUT2D eigenvalue weighted by Crippen LogP contribution is 2.33. The van der Waals surface area contributed by atoms with Crippen LogP contribution in [0.25, 0.3) is 11.0 Å². The predicted molar refractivity (Wildman–Crippen MR) is 118 cm³/mol. The Morgan fingerprint density at radius 1 is 1.18 bits per heavy atom. The van der Waals surface area contributed by atoms with E-state index in [4.69, 9.17) is 4.98 Å². The van der Waals surface area contributed by atoms with Crippen molar-refractivity contribution < 1.29 is 4.39 Å². The average molecular weight is 491 g/mol. The summed E-state index contributed by atoms with van der Waals surface area (Å²) in [4.78, 5) is 15.8. The van der Waals surface area contributed by atoms with E-state index in [1.54, 1.807) is 6.20 Å². The van der Waals surface area contributed by atoms with Crippen molar-refractivity contribution in [2.75, 3.05) is 18.4 Å². The first-order valence-electron chi connectivity index (χ1n) is 9.56. The Morgan fingerprint density at radius 2 is 2.00 bits per heavy atom. The number of halogens is 2. The lowest BCUT2D eigenvalue weighted by Crippen LogP contribution is -2.25. The first-order chi connectivity index (χ1) is 13.5. The maximum atomic E-state index is 14.2. The molecular weight excluding hydrogens is 468 g/mol. The van der Waals surface area contributed by atoms with Crippen LogP contribution in [0.3, 0.4) is 0 Å². The minimum absolute atomic E-state index is 0.407. The van der Waals surface area contributed by atoms with Crippen LogP contribution in [0.15, 0.2) is 42.6 Å². The number of hydrogen-bond acceptors (Lipinski definition) is 5. The molecule has 28 heavy (non-hydrogen) atoms. The Morgan fingerprint density at radius 3 is 2.75 bits per heavy atom. The Balaban J connectivity index is 1.59. The molecule has 0 amide bonds. The summed E-state index contributed by atoms with van der Waals surface area (Å²) in [5.74, 6) is 1.45. The van der Waals surface area contributed by atoms with Gasteiger partial charge in [-0.05, 0) is 52.3 Å². The van der Waals surface area contributed by atoms with Gasteiger partial charge >= 0.3 is 0 Å². The van der Waals surface area contributed by atoms with Gasteiger partial charge in [0, 0.05) is 32.3 Å². The van der Waals surface area contributed by atoms with Crippen LogP contribution in [-0.4, -0.2) is 36.6 Å². The number of benzene rings is 1. The molecule has 1 N–H and O–H groups in total. The van der Waals surface area contributed by atoms with Crippen molar-refractivity contribution in [3.8, 4) is 0 Å². The average Bonchev–Trinajstić information content (AvgIpc) is 3.04. The topological polar surface area (TPSA) is 53.9 Å². The lowest BCUT2D eigenvalue weighted by atomic mass is 10.1. The summed E-state index contributed by atoms with van der Waals surface area (Å²) in [7, 11) is 0. The van der Waals surface area contributed by atoms with Gasteiger partial charge in [0.2, 0.25) is 0 Å². The number of hydrogen-bond donors (Lipinski definition) is 1. The van der Waals surface area contributed by atoms with E-state index in [1.807, 2.05) is 34.7 Å². The monoisotopic (exact) mass is 491 g/mol. The van der Waals surface area contributed by atoms with Gasteiger partial charge in [-0.15, -0.1) is 0 Å². The molecule has 1 atom stereocenters. The number of likely N-dealkylation sites (tertiary alicyclic amines) is 1. The normalized spacial score (nSPS) is 20.0. The zero-order valence-electron chi connectivity index (χ0n) is 15.8. The fourth-order valence-corrected chi connectivity index (χ4v) is 4.33. The number of rotatable bonds is 6. The standard InChI is InChI=1S/C21H23FIN5/c1-2-15-6-3-4-7-16(15)12-25-20-17-8-5-10-24-19(17)26-18(27-20)13-28-11-9-21(22,23)14-28/h3-8,10H,2,9,11-14H2,1H3,(H,24,25,26,27). The molecule has 5 nitrogen and oxygen atoms in total. The molecule has 1 unspecified atom stereocenters. The van der Waals surface area contributed by atoms with Crippen molar-refractivity contribution in [3.05, 3.63) is 59.5 Å². The number of anilines is 1. The first kappa shape index (κ1) is 19.4. The van der Waals surface area contributed by atoms with E-state index in [2.05, 4.69) is 51.4 Å². The lowest BCUT2D eigenvalue weighted by Gasteiger charge is -2.17. The maximum absolute atomic E-state index is 14.2. The highest BCUT2D eigenvalue weighted by molar-refractivity contribution is 14.1. The van der Waals surface area contributed by atoms with Crippen molar-refractivity contribution in [2.45, 2.75) is 36.5 Å². The van der Waals surface area contributed by atoms with Crippen molar-refractivity contribution in [2.24, 2.45) is 0 Å². The van der Waals surface area contributed by atoms with Crippen LogP contribution in [0.4, 0.5) is 10.2 Å². The molecule has 0 spiro atoms. The molecule has 0 bridgehead atoms. The molecule has 0 radical (unpaired) electrons. The minimum atomic E-state index is -1.15. The number of nitrogens with zero attached hydrogens (tertiary/aromatic N) is 4. The second kappa shape index (κ2) is 8.24. The summed E-state index contributed by atoms with van der Waals surface area (Å²) in [6.45, 7) is 4.51. The minimum Gasteiger partial charge on any atom is -0.365 e. The molecule has 0 aliphatic carbocycles. The van der Waals surface area contributed by atoms with Crippen LogP contribution in [0, 0.1) is 0 Å². The van der Waals surface area contributed by atoms with E-state index in [9.17, 15) is 4.39 Å². The number of pyridine rings is 1. The fourth-order valence-electron chi connectivity index (χ4n) is 3.61. The van der Waals surface area contributed by atoms with E-state index in [0.717, 1.165) is 24.2 Å². The zero-order valence-corrected chi connectivity index (χ0v) is 18.0. The van der Waals surface area contributed by atoms with Crippen LogP contribution in [0.2, 0.25) is 0 Å². The molecule has 0 saturated carbocycles. The highest BCUT2D eigenvalue weighted by atomic mass is 127. The summed E-state index contributed by atoms with van der Waals surface area (Å²) in [5.41, 5.74) is 3.25. The van der Waals surface area contributed by atoms with E-state index in [-0.39, 0.29) is 0 Å². The number of fused-ring (bicyclic) bond motifs is 1. The van der Waals surface area contributed by atoms with Gasteiger partial charge < -0.3 is 5.32 Å². The molecule has 3 aromatic rings. The summed E-state index contributed by atoms with van der Waals surface area (Å²) < 4.78 is 13.0. The lowest BCUT2D eigenvalue weighted by molar-refractivity contribution is 0.267. The Hall–Kier alpha value is -1.87. The van der Waals surface area contributed by atoms with E-state index in [1.165, 1.54) is 11.1 Å². The second-order valence-electron chi connectivity index (χ2n) is 7.16. The van der Waals surface area contributed by atoms with Gasteiger partial charge in [-0.2, -0.15) is 0 Å². The van der Waals surface area contributed by atoms with Crippen molar-refractivity contribution in [3.63, 3.8) is 0 Å². The van der Waals surface area contributed by atoms with Crippen LogP contribution in [0.5, 0.6) is 0 Å². The molecule has 146 valence electrons. The SMILES string of the molecule is CCc1ccccc1CNc1nc(CN2CCC(F)(I)C2)nc2ncccc12. The van der Waals surface area contributed by atoms with Gasteiger partial charge in [0.25, 0.3) is 0 Å². The number of alkyl halides is 2. The van der Waals surface area contributed by atoms with Gasteiger partial charge in [-0.25, -0.2) is 19.3 Å². The fraction of sp³-hybridized carbons (Fsp3) is 0.381. The van der Waals surface area contributed by atoms with Crippen LogP contribution in [-0.2, 0) is 19.5 Å². The molecule has 1 saturated heterocycles. The van der Waals surface area contributed by atoms with E-state index < -0.39 is 3.68 Å². The third-order valence-electron chi connectivity index (χ3n) is 5.08. The molecule has 4 rings (SSSR count). The largest absolute Gasteiger partial charge is 0.365 e. The predicted octanol–water partition coefficient (Wildman–Crippen LogP) is 4.51. The number of nitrogens with one attached hydrogen (secondary N) is 1. The summed E-state index contributed by atoms with van der Waals surface area (Å²) in [6, 6.07) is 12.3. The molecule has 1 aliphatic rings. The maximum Gasteiger partial charge on any atom is 0.175 e. The van der Waals surface area contributed by atoms with Crippen LogP contribution < -0.4 is 5.32 Å². The van der Waals surface area contributed by atoms with Gasteiger partial charge in [-0.3, -0.25) is 4.90 Å². The molecule has 3 heterocycles. The van der Waals surface area contributed by atoms with Crippen molar-refractivity contribution >= 4 is 39.4 Å². The summed E-state index contributed by atoms with van der Waals surface area (Å²) in [5, 5.41) is 4.37. The number of aromatic nitrogens is 3. The first-order valence-corrected chi connectivity index (χ1v) is 10.6. The quantitative estimate of drug-likeness (QED) is 0.407. The van der Waals surface area contributed by atoms with Gasteiger partial charge in [-0.1, -0.05) is 31.2 Å². The number of aryl methyl sites for hydroxylation is 1. The van der Waals surface area contributed by atoms with Gasteiger partial charge in [0.05, 0.1) is 11.9 Å². The summed E-state index contributed by atoms with van der Waals surface area (Å²) >= 11 is 1.90. The second-order valence-corrected chi connectivity index (χ2v) is 9.09. The van der Waals surface area contributed by atoms with Gasteiger partial charge in [0.15, 0.2) is 9.32 Å². The highest BCUT2D eigenvalue weighted by Gasteiger charge is 2.35. The third-order valence-corrected chi connectivity index (χ3v) is 5.96. The van der Waals surface area contributed by atoms with Crippen molar-refractivity contribution in [1.82, 2.24) is 19.9 Å². The molecule has 7 heteroatoms. The smallest absolute Gasteiger partial charge is 0.175 e. The Kier molecular flexibility index (Phi) is 5.73. The molecule has 1 fully saturated rings. The zero-order chi connectivity index (χ0) is 19.6. The Labute approximate surface area is 177 Å². The van der Waals surface area contributed by atoms with E-state index in [0.29, 0.717) is 37.5 Å². The molecule has 2 aromatic heterocycles. The molecule has 1 aliphatic heterocycles. The summed E-state index contributed by atoms with van der Waals surface area (Å²) in [6.07, 6.45) is 3.27. The van der Waals surface area contributed by atoms with Crippen LogP contribution in [0.1, 0.15) is 30.3 Å². The van der Waals surface area contributed by atoms with Gasteiger partial charge in [0.1, 0.15) is 11.6 Å². The third kappa shape index (κ3) is 4.41.